The van der Waals surface area contributed by atoms with Gasteiger partial charge in [0, 0.05) is 19.1 Å². The highest BCUT2D eigenvalue weighted by molar-refractivity contribution is 5.52. The lowest BCUT2D eigenvalue weighted by molar-refractivity contribution is 0.496. The van der Waals surface area contributed by atoms with Crippen LogP contribution in [0.1, 0.15) is 31.7 Å². The molecule has 0 radical (unpaired) electrons. The van der Waals surface area contributed by atoms with Gasteiger partial charge in [0.05, 0.1) is 0 Å². The van der Waals surface area contributed by atoms with E-state index < -0.39 is 11.6 Å². The highest BCUT2D eigenvalue weighted by Crippen LogP contribution is 2.27. The lowest BCUT2D eigenvalue weighted by Crippen LogP contribution is -2.38. The summed E-state index contributed by atoms with van der Waals surface area (Å²) in [6.07, 6.45) is 3.02. The molecule has 0 amide bonds. The number of anilines is 1. The van der Waals surface area contributed by atoms with Crippen molar-refractivity contribution in [1.82, 2.24) is 5.32 Å². The van der Waals surface area contributed by atoms with Crippen molar-refractivity contribution >= 4 is 5.69 Å². The van der Waals surface area contributed by atoms with Crippen LogP contribution in [0.2, 0.25) is 0 Å². The van der Waals surface area contributed by atoms with Crippen molar-refractivity contribution in [1.29, 1.82) is 0 Å². The molecular formula is C15H22F2N2. The summed E-state index contributed by atoms with van der Waals surface area (Å²) in [5.74, 6) is -0.877. The molecule has 0 aliphatic carbocycles. The lowest BCUT2D eigenvalue weighted by Gasteiger charge is -2.27. The number of nitrogens with zero attached hydrogens (tertiary/aromatic N) is 1. The Kier molecular flexibility index (Phi) is 4.75. The van der Waals surface area contributed by atoms with Crippen LogP contribution in [0.5, 0.6) is 0 Å². The summed E-state index contributed by atoms with van der Waals surface area (Å²) in [6, 6.07) is 3.17. The Balaban J connectivity index is 2.26. The van der Waals surface area contributed by atoms with Gasteiger partial charge in [0.2, 0.25) is 0 Å². The van der Waals surface area contributed by atoms with E-state index >= 15 is 0 Å². The molecule has 1 aromatic rings. The van der Waals surface area contributed by atoms with E-state index in [1.165, 1.54) is 12.1 Å². The Morgan fingerprint density at radius 3 is 2.89 bits per heavy atom. The van der Waals surface area contributed by atoms with E-state index in [1.54, 1.807) is 6.92 Å². The van der Waals surface area contributed by atoms with E-state index in [2.05, 4.69) is 12.2 Å². The number of benzene rings is 1. The zero-order valence-corrected chi connectivity index (χ0v) is 11.7. The van der Waals surface area contributed by atoms with Crippen LogP contribution in [0.15, 0.2) is 12.1 Å². The van der Waals surface area contributed by atoms with Crippen molar-refractivity contribution in [2.45, 2.75) is 39.2 Å². The summed E-state index contributed by atoms with van der Waals surface area (Å²) in [7, 11) is 0. The Morgan fingerprint density at radius 1 is 1.37 bits per heavy atom. The molecule has 106 valence electrons. The van der Waals surface area contributed by atoms with Crippen LogP contribution in [0, 0.1) is 18.6 Å². The SMILES string of the molecule is CCCC1CN(c2c(F)ccc(C)c2F)CCCN1. The molecule has 2 rings (SSSR count). The average molecular weight is 268 g/mol. The molecule has 0 spiro atoms. The molecular weight excluding hydrogens is 246 g/mol. The van der Waals surface area contributed by atoms with Gasteiger partial charge < -0.3 is 10.2 Å². The second-order valence-corrected chi connectivity index (χ2v) is 5.27. The first-order valence-electron chi connectivity index (χ1n) is 7.06. The third-order valence-electron chi connectivity index (χ3n) is 3.69. The number of rotatable bonds is 3. The van der Waals surface area contributed by atoms with Gasteiger partial charge in [0.1, 0.15) is 11.5 Å². The molecule has 0 bridgehead atoms. The predicted molar refractivity (Wildman–Crippen MR) is 74.6 cm³/mol. The highest BCUT2D eigenvalue weighted by Gasteiger charge is 2.23. The minimum absolute atomic E-state index is 0.143. The maximum absolute atomic E-state index is 14.2. The summed E-state index contributed by atoms with van der Waals surface area (Å²) >= 11 is 0. The molecule has 1 aliphatic rings. The second kappa shape index (κ2) is 6.33. The first kappa shape index (κ1) is 14.3. The molecule has 1 aliphatic heterocycles. The van der Waals surface area contributed by atoms with Crippen LogP contribution in [-0.2, 0) is 0 Å². The quantitative estimate of drug-likeness (QED) is 0.905. The molecule has 1 saturated heterocycles. The molecule has 4 heteroatoms. The first-order chi connectivity index (χ1) is 9.13. The summed E-state index contributed by atoms with van der Waals surface area (Å²) < 4.78 is 28.1. The van der Waals surface area contributed by atoms with Gasteiger partial charge in [0.15, 0.2) is 5.82 Å². The maximum Gasteiger partial charge on any atom is 0.152 e. The standard InChI is InChI=1S/C15H22F2N2/c1-3-5-12-10-19(9-4-8-18-12)15-13(16)7-6-11(2)14(15)17/h6-7,12,18H,3-5,8-10H2,1-2H3. The molecule has 0 saturated carbocycles. The Labute approximate surface area is 113 Å². The second-order valence-electron chi connectivity index (χ2n) is 5.27. The van der Waals surface area contributed by atoms with E-state index in [-0.39, 0.29) is 5.69 Å². The molecule has 1 fully saturated rings. The van der Waals surface area contributed by atoms with E-state index in [1.807, 2.05) is 4.90 Å². The summed E-state index contributed by atoms with van der Waals surface area (Å²) in [5, 5.41) is 3.45. The highest BCUT2D eigenvalue weighted by atomic mass is 19.1. The molecule has 1 unspecified atom stereocenters. The van der Waals surface area contributed by atoms with E-state index in [0.717, 1.165) is 25.8 Å². The smallest absolute Gasteiger partial charge is 0.152 e. The molecule has 1 N–H and O–H groups in total. The van der Waals surface area contributed by atoms with Crippen LogP contribution < -0.4 is 10.2 Å². The number of nitrogens with one attached hydrogen (secondary N) is 1. The van der Waals surface area contributed by atoms with Crippen molar-refractivity contribution in [3.05, 3.63) is 29.3 Å². The van der Waals surface area contributed by atoms with Crippen molar-refractivity contribution in [2.75, 3.05) is 24.5 Å². The molecule has 2 nitrogen and oxygen atoms in total. The van der Waals surface area contributed by atoms with Gasteiger partial charge in [-0.2, -0.15) is 0 Å². The monoisotopic (exact) mass is 268 g/mol. The van der Waals surface area contributed by atoms with Crippen LogP contribution in [0.3, 0.4) is 0 Å². The fourth-order valence-corrected chi connectivity index (χ4v) is 2.67. The molecule has 1 atom stereocenters. The van der Waals surface area contributed by atoms with E-state index in [4.69, 9.17) is 0 Å². The van der Waals surface area contributed by atoms with Crippen LogP contribution >= 0.6 is 0 Å². The fourth-order valence-electron chi connectivity index (χ4n) is 2.67. The molecule has 1 aromatic carbocycles. The number of halogens is 2. The minimum atomic E-state index is -0.458. The zero-order valence-electron chi connectivity index (χ0n) is 11.7. The van der Waals surface area contributed by atoms with E-state index in [9.17, 15) is 8.78 Å². The van der Waals surface area contributed by atoms with Crippen LogP contribution in [-0.4, -0.2) is 25.7 Å². The normalized spacial score (nSPS) is 20.4. The van der Waals surface area contributed by atoms with Crippen LogP contribution in [0.25, 0.3) is 0 Å². The largest absolute Gasteiger partial charge is 0.365 e. The molecule has 1 heterocycles. The topological polar surface area (TPSA) is 15.3 Å². The van der Waals surface area contributed by atoms with Crippen molar-refractivity contribution in [3.63, 3.8) is 0 Å². The molecule has 19 heavy (non-hydrogen) atoms. The van der Waals surface area contributed by atoms with Crippen molar-refractivity contribution in [3.8, 4) is 0 Å². The van der Waals surface area contributed by atoms with Crippen molar-refractivity contribution in [2.24, 2.45) is 0 Å². The first-order valence-corrected chi connectivity index (χ1v) is 7.06. The van der Waals surface area contributed by atoms with Gasteiger partial charge in [-0.15, -0.1) is 0 Å². The minimum Gasteiger partial charge on any atom is -0.365 e. The predicted octanol–water partition coefficient (Wildman–Crippen LogP) is 3.24. The van der Waals surface area contributed by atoms with Gasteiger partial charge in [-0.3, -0.25) is 0 Å². The van der Waals surface area contributed by atoms with Gasteiger partial charge >= 0.3 is 0 Å². The third-order valence-corrected chi connectivity index (χ3v) is 3.69. The van der Waals surface area contributed by atoms with Gasteiger partial charge in [-0.25, -0.2) is 8.78 Å². The Hall–Kier alpha value is -1.16. The van der Waals surface area contributed by atoms with Crippen LogP contribution in [0.4, 0.5) is 14.5 Å². The van der Waals surface area contributed by atoms with Gasteiger partial charge in [-0.05, 0) is 37.9 Å². The van der Waals surface area contributed by atoms with Gasteiger partial charge in [0.25, 0.3) is 0 Å². The van der Waals surface area contributed by atoms with Crippen molar-refractivity contribution < 1.29 is 8.78 Å². The third kappa shape index (κ3) is 3.24. The van der Waals surface area contributed by atoms with E-state index in [0.29, 0.717) is 24.7 Å². The summed E-state index contributed by atoms with van der Waals surface area (Å²) in [6.45, 7) is 6.09. The fraction of sp³-hybridized carbons (Fsp3) is 0.600. The number of aryl methyl sites for hydroxylation is 1. The summed E-state index contributed by atoms with van der Waals surface area (Å²) in [5.41, 5.74) is 0.644. The number of hydrogen-bond donors (Lipinski definition) is 1. The lowest BCUT2D eigenvalue weighted by atomic mass is 10.1. The Bertz CT molecular complexity index is 434. The summed E-state index contributed by atoms with van der Waals surface area (Å²) in [4.78, 5) is 1.86. The zero-order chi connectivity index (χ0) is 13.8. The average Bonchev–Trinajstić information content (AvgIpc) is 2.61. The van der Waals surface area contributed by atoms with Gasteiger partial charge in [-0.1, -0.05) is 19.4 Å². The molecule has 0 aromatic heterocycles. The number of hydrogen-bond acceptors (Lipinski definition) is 2. The maximum atomic E-state index is 14.2. The Morgan fingerprint density at radius 2 is 2.16 bits per heavy atom.